The van der Waals surface area contributed by atoms with Gasteiger partial charge in [0.1, 0.15) is 6.10 Å². The molecular weight excluding hydrogens is 332 g/mol. The predicted octanol–water partition coefficient (Wildman–Crippen LogP) is 4.16. The molecule has 1 atom stereocenters. The Morgan fingerprint density at radius 2 is 1.57 bits per heavy atom. The zero-order chi connectivity index (χ0) is 15.6. The van der Waals surface area contributed by atoms with Gasteiger partial charge in [-0.2, -0.15) is 0 Å². The number of aliphatic hydroxyl groups excluding tert-OH is 1. The number of benzene rings is 2. The standard InChI is InChI=1S/C17H19BrO3/c1-10-5-6-12(11(2)7-10)17(19)13-8-15(20-3)16(21-4)9-14(13)18/h5-9,17,19H,1-4H3. The van der Waals surface area contributed by atoms with Crippen molar-refractivity contribution in [1.82, 2.24) is 0 Å². The Bertz CT molecular complexity index is 653. The van der Waals surface area contributed by atoms with Crippen LogP contribution in [0, 0.1) is 13.8 Å². The van der Waals surface area contributed by atoms with E-state index in [0.29, 0.717) is 11.5 Å². The third kappa shape index (κ3) is 3.22. The molecule has 2 aromatic carbocycles. The van der Waals surface area contributed by atoms with Crippen LogP contribution in [0.4, 0.5) is 0 Å². The normalized spacial score (nSPS) is 12.1. The van der Waals surface area contributed by atoms with E-state index in [-0.39, 0.29) is 0 Å². The van der Waals surface area contributed by atoms with Crippen molar-refractivity contribution in [3.05, 3.63) is 57.1 Å². The van der Waals surface area contributed by atoms with E-state index in [2.05, 4.69) is 22.0 Å². The van der Waals surface area contributed by atoms with Crippen LogP contribution in [0.15, 0.2) is 34.8 Å². The summed E-state index contributed by atoms with van der Waals surface area (Å²) >= 11 is 3.49. The Morgan fingerprint density at radius 3 is 2.14 bits per heavy atom. The summed E-state index contributed by atoms with van der Waals surface area (Å²) in [5, 5.41) is 10.7. The molecule has 0 bridgehead atoms. The Kier molecular flexibility index (Phi) is 4.91. The average Bonchev–Trinajstić information content (AvgIpc) is 2.46. The second-order valence-electron chi connectivity index (χ2n) is 4.99. The summed E-state index contributed by atoms with van der Waals surface area (Å²) in [4.78, 5) is 0. The highest BCUT2D eigenvalue weighted by Crippen LogP contribution is 2.38. The van der Waals surface area contributed by atoms with E-state index in [1.807, 2.05) is 26.0 Å². The zero-order valence-electron chi connectivity index (χ0n) is 12.6. The lowest BCUT2D eigenvalue weighted by molar-refractivity contribution is 0.218. The van der Waals surface area contributed by atoms with Gasteiger partial charge in [-0.15, -0.1) is 0 Å². The molecule has 0 saturated heterocycles. The Balaban J connectivity index is 2.50. The lowest BCUT2D eigenvalue weighted by Crippen LogP contribution is -2.04. The van der Waals surface area contributed by atoms with Crippen molar-refractivity contribution >= 4 is 15.9 Å². The molecule has 0 aliphatic heterocycles. The fourth-order valence-electron chi connectivity index (χ4n) is 2.38. The van der Waals surface area contributed by atoms with E-state index in [4.69, 9.17) is 9.47 Å². The van der Waals surface area contributed by atoms with Gasteiger partial charge in [-0.3, -0.25) is 0 Å². The lowest BCUT2D eigenvalue weighted by Gasteiger charge is -2.18. The van der Waals surface area contributed by atoms with Crippen LogP contribution in [-0.4, -0.2) is 19.3 Å². The molecule has 0 aliphatic rings. The molecule has 3 nitrogen and oxygen atoms in total. The third-order valence-electron chi connectivity index (χ3n) is 3.52. The number of hydrogen-bond donors (Lipinski definition) is 1. The number of halogens is 1. The summed E-state index contributed by atoms with van der Waals surface area (Å²) in [5.41, 5.74) is 3.87. The van der Waals surface area contributed by atoms with Gasteiger partial charge in [-0.1, -0.05) is 39.7 Å². The summed E-state index contributed by atoms with van der Waals surface area (Å²) in [5.74, 6) is 1.22. The minimum absolute atomic E-state index is 0.597. The molecule has 0 saturated carbocycles. The quantitative estimate of drug-likeness (QED) is 0.899. The maximum Gasteiger partial charge on any atom is 0.161 e. The molecule has 0 fully saturated rings. The highest BCUT2D eigenvalue weighted by molar-refractivity contribution is 9.10. The molecule has 0 heterocycles. The molecule has 2 rings (SSSR count). The van der Waals surface area contributed by atoms with E-state index in [0.717, 1.165) is 21.2 Å². The largest absolute Gasteiger partial charge is 0.493 e. The first-order valence-electron chi connectivity index (χ1n) is 6.64. The minimum Gasteiger partial charge on any atom is -0.493 e. The second kappa shape index (κ2) is 6.50. The summed E-state index contributed by atoms with van der Waals surface area (Å²) < 4.78 is 11.4. The molecule has 2 aromatic rings. The second-order valence-corrected chi connectivity index (χ2v) is 5.85. The van der Waals surface area contributed by atoms with Gasteiger partial charge in [0.25, 0.3) is 0 Å². The number of methoxy groups -OCH3 is 2. The highest BCUT2D eigenvalue weighted by Gasteiger charge is 2.19. The van der Waals surface area contributed by atoms with Gasteiger partial charge in [-0.25, -0.2) is 0 Å². The molecule has 0 aliphatic carbocycles. The Morgan fingerprint density at radius 1 is 0.952 bits per heavy atom. The molecule has 1 unspecified atom stereocenters. The first kappa shape index (κ1) is 15.9. The van der Waals surface area contributed by atoms with Crippen LogP contribution in [0.1, 0.15) is 28.4 Å². The molecule has 1 N–H and O–H groups in total. The van der Waals surface area contributed by atoms with E-state index >= 15 is 0 Å². The van der Waals surface area contributed by atoms with Crippen molar-refractivity contribution in [1.29, 1.82) is 0 Å². The number of aliphatic hydroxyl groups is 1. The first-order chi connectivity index (χ1) is 9.97. The molecule has 0 amide bonds. The molecule has 112 valence electrons. The monoisotopic (exact) mass is 350 g/mol. The van der Waals surface area contributed by atoms with E-state index in [1.54, 1.807) is 26.4 Å². The lowest BCUT2D eigenvalue weighted by atomic mass is 9.96. The number of hydrogen-bond acceptors (Lipinski definition) is 3. The van der Waals surface area contributed by atoms with Crippen LogP contribution < -0.4 is 9.47 Å². The van der Waals surface area contributed by atoms with Crippen molar-refractivity contribution in [2.24, 2.45) is 0 Å². The summed E-state index contributed by atoms with van der Waals surface area (Å²) in [6.45, 7) is 4.04. The van der Waals surface area contributed by atoms with Gasteiger partial charge >= 0.3 is 0 Å². The summed E-state index contributed by atoms with van der Waals surface area (Å²) in [7, 11) is 3.17. The van der Waals surface area contributed by atoms with Crippen molar-refractivity contribution in [2.75, 3.05) is 14.2 Å². The van der Waals surface area contributed by atoms with Gasteiger partial charge in [0.2, 0.25) is 0 Å². The van der Waals surface area contributed by atoms with Crippen LogP contribution in [0.5, 0.6) is 11.5 Å². The van der Waals surface area contributed by atoms with Gasteiger partial charge in [0.15, 0.2) is 11.5 Å². The maximum absolute atomic E-state index is 10.7. The fraction of sp³-hybridized carbons (Fsp3) is 0.294. The Hall–Kier alpha value is -1.52. The van der Waals surface area contributed by atoms with E-state index < -0.39 is 6.10 Å². The van der Waals surface area contributed by atoms with Crippen LogP contribution in [-0.2, 0) is 0 Å². The maximum atomic E-state index is 10.7. The van der Waals surface area contributed by atoms with Crippen molar-refractivity contribution in [3.63, 3.8) is 0 Å². The molecule has 4 heteroatoms. The van der Waals surface area contributed by atoms with E-state index in [1.165, 1.54) is 5.56 Å². The molecule has 0 radical (unpaired) electrons. The van der Waals surface area contributed by atoms with Crippen LogP contribution in [0.25, 0.3) is 0 Å². The SMILES string of the molecule is COc1cc(Br)c(C(O)c2ccc(C)cc2C)cc1OC. The topological polar surface area (TPSA) is 38.7 Å². The van der Waals surface area contributed by atoms with Gasteiger partial charge in [-0.05, 0) is 37.1 Å². The summed E-state index contributed by atoms with van der Waals surface area (Å²) in [6, 6.07) is 9.62. The van der Waals surface area contributed by atoms with Gasteiger partial charge < -0.3 is 14.6 Å². The van der Waals surface area contributed by atoms with Crippen LogP contribution >= 0.6 is 15.9 Å². The van der Waals surface area contributed by atoms with Gasteiger partial charge in [0, 0.05) is 10.0 Å². The summed E-state index contributed by atoms with van der Waals surface area (Å²) in [6.07, 6.45) is -0.722. The highest BCUT2D eigenvalue weighted by atomic mass is 79.9. The third-order valence-corrected chi connectivity index (χ3v) is 4.20. The first-order valence-corrected chi connectivity index (χ1v) is 7.44. The van der Waals surface area contributed by atoms with Crippen LogP contribution in [0.2, 0.25) is 0 Å². The predicted molar refractivity (Wildman–Crippen MR) is 87.2 cm³/mol. The minimum atomic E-state index is -0.722. The smallest absolute Gasteiger partial charge is 0.161 e. The molecule has 21 heavy (non-hydrogen) atoms. The molecule has 0 aromatic heterocycles. The van der Waals surface area contributed by atoms with Crippen molar-refractivity contribution < 1.29 is 14.6 Å². The Labute approximate surface area is 133 Å². The number of rotatable bonds is 4. The molecule has 0 spiro atoms. The van der Waals surface area contributed by atoms with Crippen molar-refractivity contribution in [2.45, 2.75) is 20.0 Å². The fourth-order valence-corrected chi connectivity index (χ4v) is 2.92. The average molecular weight is 351 g/mol. The van der Waals surface area contributed by atoms with Gasteiger partial charge in [0.05, 0.1) is 14.2 Å². The van der Waals surface area contributed by atoms with Crippen LogP contribution in [0.3, 0.4) is 0 Å². The zero-order valence-corrected chi connectivity index (χ0v) is 14.2. The number of aryl methyl sites for hydroxylation is 2. The van der Waals surface area contributed by atoms with E-state index in [9.17, 15) is 5.11 Å². The molecular formula is C17H19BrO3. The number of ether oxygens (including phenoxy) is 2. The van der Waals surface area contributed by atoms with Crippen molar-refractivity contribution in [3.8, 4) is 11.5 Å².